The summed E-state index contributed by atoms with van der Waals surface area (Å²) in [5.74, 6) is -1.05. The summed E-state index contributed by atoms with van der Waals surface area (Å²) in [7, 11) is 0. The average Bonchev–Trinajstić information content (AvgIpc) is 1.85. The Morgan fingerprint density at radius 1 is 1.33 bits per heavy atom. The first-order valence-corrected chi connectivity index (χ1v) is 3.55. The van der Waals surface area contributed by atoms with Gasteiger partial charge in [0.25, 0.3) is 0 Å². The summed E-state index contributed by atoms with van der Waals surface area (Å²) in [5, 5.41) is 9.12. The molecule has 2 nitrogen and oxygen atoms in total. The molecule has 0 bridgehead atoms. The van der Waals surface area contributed by atoms with E-state index in [4.69, 9.17) is 28.3 Å². The van der Waals surface area contributed by atoms with Crippen molar-refractivity contribution in [2.75, 3.05) is 0 Å². The molecule has 0 aliphatic heterocycles. The first-order valence-electron chi connectivity index (χ1n) is 2.79. The summed E-state index contributed by atoms with van der Waals surface area (Å²) in [5.41, 5.74) is 0.0658. The van der Waals surface area contributed by atoms with Crippen LogP contribution in [0.4, 0.5) is 0 Å². The Balaban J connectivity index is 0.00000121. The van der Waals surface area contributed by atoms with E-state index in [9.17, 15) is 4.79 Å². The molecular formula is C7H4AgCl2O2. The van der Waals surface area contributed by atoms with Crippen molar-refractivity contribution in [3.8, 4) is 0 Å². The molecule has 0 aliphatic rings. The fourth-order valence-corrected chi connectivity index (χ4v) is 1.15. The SMILES string of the molecule is O=C(O)c1ccc(Cl)cc1Cl.[Ag]. The van der Waals surface area contributed by atoms with Crippen LogP contribution in [0.1, 0.15) is 10.4 Å². The smallest absolute Gasteiger partial charge is 0.337 e. The fourth-order valence-electron chi connectivity index (χ4n) is 0.663. The normalized spacial score (nSPS) is 8.83. The minimum atomic E-state index is -1.05. The van der Waals surface area contributed by atoms with Crippen molar-refractivity contribution in [1.82, 2.24) is 0 Å². The van der Waals surface area contributed by atoms with Gasteiger partial charge < -0.3 is 5.11 Å². The molecule has 0 unspecified atom stereocenters. The Morgan fingerprint density at radius 2 is 1.92 bits per heavy atom. The second-order valence-electron chi connectivity index (χ2n) is 1.93. The van der Waals surface area contributed by atoms with Gasteiger partial charge in [-0.3, -0.25) is 0 Å². The van der Waals surface area contributed by atoms with E-state index in [-0.39, 0.29) is 33.0 Å². The van der Waals surface area contributed by atoms with Gasteiger partial charge in [0.15, 0.2) is 0 Å². The van der Waals surface area contributed by atoms with Crippen molar-refractivity contribution in [2.24, 2.45) is 0 Å². The fraction of sp³-hybridized carbons (Fsp3) is 0. The second kappa shape index (κ2) is 4.90. The van der Waals surface area contributed by atoms with Crippen LogP contribution < -0.4 is 0 Å². The minimum Gasteiger partial charge on any atom is -0.478 e. The van der Waals surface area contributed by atoms with Crippen LogP contribution in [0, 0.1) is 0 Å². The number of rotatable bonds is 1. The van der Waals surface area contributed by atoms with Gasteiger partial charge in [0.2, 0.25) is 0 Å². The van der Waals surface area contributed by atoms with E-state index in [2.05, 4.69) is 0 Å². The van der Waals surface area contributed by atoms with E-state index < -0.39 is 5.97 Å². The Bertz CT molecular complexity index is 301. The third-order valence-electron chi connectivity index (χ3n) is 1.16. The zero-order valence-electron chi connectivity index (χ0n) is 5.64. The Kier molecular flexibility index (Phi) is 4.90. The van der Waals surface area contributed by atoms with E-state index in [1.54, 1.807) is 0 Å². The Morgan fingerprint density at radius 3 is 2.33 bits per heavy atom. The van der Waals surface area contributed by atoms with Gasteiger partial charge in [-0.05, 0) is 18.2 Å². The van der Waals surface area contributed by atoms with Gasteiger partial charge in [0.05, 0.1) is 10.6 Å². The third-order valence-corrected chi connectivity index (χ3v) is 1.71. The van der Waals surface area contributed by atoms with Crippen molar-refractivity contribution >= 4 is 29.2 Å². The summed E-state index contributed by atoms with van der Waals surface area (Å²) < 4.78 is 0. The van der Waals surface area contributed by atoms with Gasteiger partial charge in [0, 0.05) is 27.4 Å². The zero-order valence-corrected chi connectivity index (χ0v) is 8.64. The molecule has 69 valence electrons. The van der Waals surface area contributed by atoms with Gasteiger partial charge in [-0.2, -0.15) is 0 Å². The van der Waals surface area contributed by atoms with Crippen LogP contribution >= 0.6 is 23.2 Å². The molecule has 0 saturated heterocycles. The molecule has 0 spiro atoms. The maximum Gasteiger partial charge on any atom is 0.337 e. The Labute approximate surface area is 95.0 Å². The standard InChI is InChI=1S/C7H4Cl2O2.Ag/c8-4-1-2-5(7(10)11)6(9)3-4;/h1-3H,(H,10,11);. The number of benzene rings is 1. The van der Waals surface area contributed by atoms with Crippen LogP contribution in [-0.2, 0) is 22.4 Å². The molecule has 5 heteroatoms. The first kappa shape index (κ1) is 12.0. The van der Waals surface area contributed by atoms with Gasteiger partial charge in [-0.25, -0.2) is 4.79 Å². The van der Waals surface area contributed by atoms with Crippen LogP contribution in [0.15, 0.2) is 18.2 Å². The van der Waals surface area contributed by atoms with Crippen LogP contribution in [0.5, 0.6) is 0 Å². The number of aromatic carboxylic acids is 1. The summed E-state index contributed by atoms with van der Waals surface area (Å²) in [6, 6.07) is 4.25. The van der Waals surface area contributed by atoms with E-state index in [0.29, 0.717) is 5.02 Å². The molecule has 1 rings (SSSR count). The van der Waals surface area contributed by atoms with Crippen molar-refractivity contribution in [1.29, 1.82) is 0 Å². The molecular weight excluding hydrogens is 295 g/mol. The molecule has 1 radical (unpaired) electrons. The van der Waals surface area contributed by atoms with Crippen LogP contribution in [0.2, 0.25) is 10.0 Å². The number of carbonyl (C=O) groups is 1. The molecule has 0 heterocycles. The molecule has 0 aliphatic carbocycles. The van der Waals surface area contributed by atoms with E-state index in [1.165, 1.54) is 18.2 Å². The van der Waals surface area contributed by atoms with E-state index >= 15 is 0 Å². The third kappa shape index (κ3) is 2.81. The first-order chi connectivity index (χ1) is 5.11. The number of hydrogen-bond acceptors (Lipinski definition) is 1. The zero-order chi connectivity index (χ0) is 8.43. The van der Waals surface area contributed by atoms with Crippen molar-refractivity contribution in [3.63, 3.8) is 0 Å². The largest absolute Gasteiger partial charge is 0.478 e. The number of hydrogen-bond donors (Lipinski definition) is 1. The molecule has 0 amide bonds. The molecule has 0 atom stereocenters. The summed E-state index contributed by atoms with van der Waals surface area (Å²) in [6.45, 7) is 0. The molecule has 1 aromatic carbocycles. The van der Waals surface area contributed by atoms with Gasteiger partial charge >= 0.3 is 5.97 Å². The van der Waals surface area contributed by atoms with Gasteiger partial charge in [-0.1, -0.05) is 23.2 Å². The van der Waals surface area contributed by atoms with Crippen molar-refractivity contribution < 1.29 is 32.3 Å². The molecule has 0 aromatic heterocycles. The molecule has 0 fully saturated rings. The molecule has 0 saturated carbocycles. The average molecular weight is 299 g/mol. The number of carboxylic acids is 1. The van der Waals surface area contributed by atoms with E-state index in [0.717, 1.165) is 0 Å². The van der Waals surface area contributed by atoms with Gasteiger partial charge in [0.1, 0.15) is 0 Å². The molecule has 12 heavy (non-hydrogen) atoms. The van der Waals surface area contributed by atoms with Gasteiger partial charge in [-0.15, -0.1) is 0 Å². The summed E-state index contributed by atoms with van der Waals surface area (Å²) in [6.07, 6.45) is 0. The van der Waals surface area contributed by atoms with Crippen LogP contribution in [-0.4, -0.2) is 11.1 Å². The number of halogens is 2. The number of carboxylic acid groups (broad SMARTS) is 1. The minimum absolute atomic E-state index is 0. The predicted molar refractivity (Wildman–Crippen MR) is 43.4 cm³/mol. The summed E-state index contributed by atoms with van der Waals surface area (Å²) in [4.78, 5) is 10.4. The van der Waals surface area contributed by atoms with Crippen LogP contribution in [0.25, 0.3) is 0 Å². The maximum atomic E-state index is 10.4. The maximum absolute atomic E-state index is 10.4. The summed E-state index contributed by atoms with van der Waals surface area (Å²) >= 11 is 11.1. The second-order valence-corrected chi connectivity index (χ2v) is 2.77. The molecule has 1 N–H and O–H groups in total. The van der Waals surface area contributed by atoms with Crippen LogP contribution in [0.3, 0.4) is 0 Å². The van der Waals surface area contributed by atoms with E-state index in [1.807, 2.05) is 0 Å². The topological polar surface area (TPSA) is 37.3 Å². The van der Waals surface area contributed by atoms with Crippen molar-refractivity contribution in [3.05, 3.63) is 33.8 Å². The quantitative estimate of drug-likeness (QED) is 0.810. The van der Waals surface area contributed by atoms with Crippen molar-refractivity contribution in [2.45, 2.75) is 0 Å². The monoisotopic (exact) mass is 297 g/mol. The molecule has 1 aromatic rings. The predicted octanol–water partition coefficient (Wildman–Crippen LogP) is 2.69. The Hall–Kier alpha value is 0.0103.